The van der Waals surface area contributed by atoms with Crippen LogP contribution in [0, 0.1) is 19.7 Å². The van der Waals surface area contributed by atoms with Crippen LogP contribution in [0.5, 0.6) is 0 Å². The second kappa shape index (κ2) is 4.71. The first-order valence-corrected chi connectivity index (χ1v) is 6.48. The van der Waals surface area contributed by atoms with Crippen LogP contribution in [0.25, 0.3) is 0 Å². The summed E-state index contributed by atoms with van der Waals surface area (Å²) in [5.41, 5.74) is 1.28. The van der Waals surface area contributed by atoms with Gasteiger partial charge in [-0.3, -0.25) is 4.79 Å². The predicted octanol–water partition coefficient (Wildman–Crippen LogP) is 3.73. The highest BCUT2D eigenvalue weighted by Gasteiger charge is 2.42. The van der Waals surface area contributed by atoms with E-state index in [0.29, 0.717) is 18.4 Å². The molecule has 0 heterocycles. The van der Waals surface area contributed by atoms with Crippen LogP contribution < -0.4 is 0 Å². The second-order valence-electron chi connectivity index (χ2n) is 5.36. The first kappa shape index (κ1) is 13.1. The largest absolute Gasteiger partial charge is 0.481 e. The van der Waals surface area contributed by atoms with Crippen LogP contribution in [0.15, 0.2) is 12.1 Å². The summed E-state index contributed by atoms with van der Waals surface area (Å²) < 4.78 is 13.5. The van der Waals surface area contributed by atoms with E-state index in [-0.39, 0.29) is 5.82 Å². The zero-order valence-corrected chi connectivity index (χ0v) is 10.9. The highest BCUT2D eigenvalue weighted by Crippen LogP contribution is 2.41. The lowest BCUT2D eigenvalue weighted by molar-refractivity contribution is -0.145. The monoisotopic (exact) mass is 250 g/mol. The molecule has 1 aliphatic carbocycles. The van der Waals surface area contributed by atoms with Crippen LogP contribution in [-0.4, -0.2) is 11.1 Å². The number of hydrogen-bond donors (Lipinski definition) is 1. The van der Waals surface area contributed by atoms with Crippen molar-refractivity contribution in [1.29, 1.82) is 0 Å². The molecule has 1 aromatic carbocycles. The third kappa shape index (κ3) is 2.02. The Morgan fingerprint density at radius 2 is 1.78 bits per heavy atom. The van der Waals surface area contributed by atoms with Crippen LogP contribution >= 0.6 is 0 Å². The fourth-order valence-electron chi connectivity index (χ4n) is 3.05. The van der Waals surface area contributed by atoms with Gasteiger partial charge in [0, 0.05) is 0 Å². The summed E-state index contributed by atoms with van der Waals surface area (Å²) in [6.45, 7) is 3.49. The number of aryl methyl sites for hydroxylation is 2. The van der Waals surface area contributed by atoms with Crippen LogP contribution in [0.3, 0.4) is 0 Å². The van der Waals surface area contributed by atoms with E-state index in [1.165, 1.54) is 6.07 Å². The van der Waals surface area contributed by atoms with Crippen molar-refractivity contribution in [3.63, 3.8) is 0 Å². The van der Waals surface area contributed by atoms with Gasteiger partial charge in [-0.2, -0.15) is 0 Å². The molecule has 18 heavy (non-hydrogen) atoms. The number of carboxylic acid groups (broad SMARTS) is 1. The van der Waals surface area contributed by atoms with E-state index in [2.05, 4.69) is 0 Å². The molecule has 0 bridgehead atoms. The lowest BCUT2D eigenvalue weighted by atomic mass is 9.68. The van der Waals surface area contributed by atoms with E-state index in [1.807, 2.05) is 0 Å². The first-order valence-electron chi connectivity index (χ1n) is 6.48. The molecule has 0 saturated heterocycles. The van der Waals surface area contributed by atoms with Gasteiger partial charge in [0.2, 0.25) is 0 Å². The molecule has 0 unspecified atom stereocenters. The average Bonchev–Trinajstić information content (AvgIpc) is 2.34. The average molecular weight is 250 g/mol. The van der Waals surface area contributed by atoms with E-state index in [4.69, 9.17) is 0 Å². The smallest absolute Gasteiger partial charge is 0.314 e. The fraction of sp³-hybridized carbons (Fsp3) is 0.533. The van der Waals surface area contributed by atoms with E-state index < -0.39 is 11.4 Å². The molecule has 0 spiro atoms. The number of carboxylic acids is 1. The maximum absolute atomic E-state index is 13.5. The van der Waals surface area contributed by atoms with Gasteiger partial charge in [-0.25, -0.2) is 4.39 Å². The van der Waals surface area contributed by atoms with Crippen LogP contribution in [0.2, 0.25) is 0 Å². The van der Waals surface area contributed by atoms with Gasteiger partial charge in [-0.05, 0) is 49.4 Å². The molecule has 2 nitrogen and oxygen atoms in total. The molecule has 0 amide bonds. The van der Waals surface area contributed by atoms with Crippen LogP contribution in [0.1, 0.15) is 48.8 Å². The molecule has 0 radical (unpaired) electrons. The quantitative estimate of drug-likeness (QED) is 0.868. The summed E-state index contributed by atoms with van der Waals surface area (Å²) >= 11 is 0. The van der Waals surface area contributed by atoms with Gasteiger partial charge < -0.3 is 5.11 Å². The summed E-state index contributed by atoms with van der Waals surface area (Å²) in [5, 5.41) is 9.63. The summed E-state index contributed by atoms with van der Waals surface area (Å²) in [7, 11) is 0. The number of rotatable bonds is 2. The van der Waals surface area contributed by atoms with Gasteiger partial charge in [-0.15, -0.1) is 0 Å². The standard InChI is InChI=1S/C15H19FO2/c1-10-9-13(16)11(2)8-12(10)15(14(17)18)6-4-3-5-7-15/h8-9H,3-7H2,1-2H3,(H,17,18). The third-order valence-electron chi connectivity index (χ3n) is 4.14. The lowest BCUT2D eigenvalue weighted by Gasteiger charge is -2.35. The van der Waals surface area contributed by atoms with Crippen molar-refractivity contribution in [2.75, 3.05) is 0 Å². The van der Waals surface area contributed by atoms with Crippen molar-refractivity contribution in [2.45, 2.75) is 51.4 Å². The first-order chi connectivity index (χ1) is 8.47. The Kier molecular flexibility index (Phi) is 3.42. The fourth-order valence-corrected chi connectivity index (χ4v) is 3.05. The van der Waals surface area contributed by atoms with Crippen molar-refractivity contribution in [3.8, 4) is 0 Å². The molecule has 3 heteroatoms. The summed E-state index contributed by atoms with van der Waals surface area (Å²) in [4.78, 5) is 11.7. The second-order valence-corrected chi connectivity index (χ2v) is 5.36. The third-order valence-corrected chi connectivity index (χ3v) is 4.14. The Labute approximate surface area is 107 Å². The van der Waals surface area contributed by atoms with Gasteiger partial charge in [0.05, 0.1) is 5.41 Å². The topological polar surface area (TPSA) is 37.3 Å². The summed E-state index contributed by atoms with van der Waals surface area (Å²) in [5.74, 6) is -1.02. The zero-order valence-electron chi connectivity index (χ0n) is 10.9. The maximum atomic E-state index is 13.5. The molecule has 2 rings (SSSR count). The van der Waals surface area contributed by atoms with E-state index in [9.17, 15) is 14.3 Å². The normalized spacial score (nSPS) is 18.6. The minimum absolute atomic E-state index is 0.257. The van der Waals surface area contributed by atoms with Gasteiger partial charge >= 0.3 is 5.97 Å². The lowest BCUT2D eigenvalue weighted by Crippen LogP contribution is -2.38. The summed E-state index contributed by atoms with van der Waals surface area (Å²) in [6, 6.07) is 3.19. The molecular weight excluding hydrogens is 231 g/mol. The Bertz CT molecular complexity index is 474. The van der Waals surface area contributed by atoms with Gasteiger partial charge in [0.15, 0.2) is 0 Å². The van der Waals surface area contributed by atoms with E-state index >= 15 is 0 Å². The SMILES string of the molecule is Cc1cc(C2(C(=O)O)CCCCC2)c(C)cc1F. The molecule has 0 atom stereocenters. The molecule has 1 fully saturated rings. The van der Waals surface area contributed by atoms with Crippen molar-refractivity contribution in [3.05, 3.63) is 34.6 Å². The predicted molar refractivity (Wildman–Crippen MR) is 68.3 cm³/mol. The van der Waals surface area contributed by atoms with Crippen molar-refractivity contribution in [2.24, 2.45) is 0 Å². The number of aliphatic carboxylic acids is 1. The highest BCUT2D eigenvalue weighted by molar-refractivity contribution is 5.82. The molecule has 1 aliphatic rings. The Morgan fingerprint density at radius 3 is 2.33 bits per heavy atom. The Balaban J connectivity index is 2.55. The summed E-state index contributed by atoms with van der Waals surface area (Å²) in [6.07, 6.45) is 4.28. The zero-order chi connectivity index (χ0) is 13.3. The molecule has 1 aromatic rings. The number of halogens is 1. The van der Waals surface area contributed by atoms with Crippen molar-refractivity contribution >= 4 is 5.97 Å². The number of carbonyl (C=O) groups is 1. The minimum Gasteiger partial charge on any atom is -0.481 e. The molecular formula is C15H19FO2. The molecule has 98 valence electrons. The molecule has 0 aliphatic heterocycles. The Hall–Kier alpha value is -1.38. The molecule has 1 N–H and O–H groups in total. The van der Waals surface area contributed by atoms with Crippen molar-refractivity contribution < 1.29 is 14.3 Å². The van der Waals surface area contributed by atoms with Gasteiger partial charge in [0.25, 0.3) is 0 Å². The van der Waals surface area contributed by atoms with Gasteiger partial charge in [-0.1, -0.05) is 25.3 Å². The Morgan fingerprint density at radius 1 is 1.17 bits per heavy atom. The highest BCUT2D eigenvalue weighted by atomic mass is 19.1. The van der Waals surface area contributed by atoms with E-state index in [1.54, 1.807) is 19.9 Å². The minimum atomic E-state index is -0.805. The maximum Gasteiger partial charge on any atom is 0.314 e. The van der Waals surface area contributed by atoms with E-state index in [0.717, 1.165) is 30.4 Å². The molecule has 0 aromatic heterocycles. The number of benzene rings is 1. The van der Waals surface area contributed by atoms with Crippen LogP contribution in [-0.2, 0) is 10.2 Å². The van der Waals surface area contributed by atoms with Crippen LogP contribution in [0.4, 0.5) is 4.39 Å². The van der Waals surface area contributed by atoms with Gasteiger partial charge in [0.1, 0.15) is 5.82 Å². The van der Waals surface area contributed by atoms with Crippen molar-refractivity contribution in [1.82, 2.24) is 0 Å². The molecule has 1 saturated carbocycles. The number of hydrogen-bond acceptors (Lipinski definition) is 1.